The second-order valence-electron chi connectivity index (χ2n) is 10.9. The van der Waals surface area contributed by atoms with Crippen molar-refractivity contribution in [2.75, 3.05) is 104 Å². The molecular formula is C21H39N7O16P4-6. The fourth-order valence-electron chi connectivity index (χ4n) is 4.14. The van der Waals surface area contributed by atoms with Crippen LogP contribution in [0.3, 0.4) is 0 Å². The Morgan fingerprint density at radius 2 is 0.792 bits per heavy atom. The Kier molecular flexibility index (Phi) is 18.9. The summed E-state index contributed by atoms with van der Waals surface area (Å²) in [5, 5.41) is 5.97. The molecule has 0 aromatic carbocycles. The van der Waals surface area contributed by atoms with Gasteiger partial charge in [-0.3, -0.25) is 38.8 Å². The highest BCUT2D eigenvalue weighted by Gasteiger charge is 2.22. The molecule has 1 aliphatic rings. The molecule has 1 aliphatic heterocycles. The number of rotatable bonds is 17. The fourth-order valence-corrected chi connectivity index (χ4v) is 5.79. The van der Waals surface area contributed by atoms with E-state index in [2.05, 4.69) is 0 Å². The fraction of sp³-hybridized carbons (Fsp3) is 0.810. The number of nitrogens with one attached hydrogen (secondary N) is 3. The first kappa shape index (κ1) is 44.5. The van der Waals surface area contributed by atoms with E-state index in [0.29, 0.717) is 0 Å². The van der Waals surface area contributed by atoms with Gasteiger partial charge in [-0.2, -0.15) is 0 Å². The summed E-state index contributed by atoms with van der Waals surface area (Å²) < 4.78 is 44.1. The molecule has 2 atom stereocenters. The largest absolute Gasteiger partial charge is 0.810 e. The van der Waals surface area contributed by atoms with Gasteiger partial charge < -0.3 is 73.4 Å². The first-order valence-corrected chi connectivity index (χ1v) is 21.2. The normalized spacial score (nSPS) is 19.6. The Morgan fingerprint density at radius 1 is 0.500 bits per heavy atom. The minimum absolute atomic E-state index is 0.000260. The Morgan fingerprint density at radius 3 is 1.06 bits per heavy atom. The number of carbonyl (C=O) groups excluding carboxylic acids is 4. The summed E-state index contributed by atoms with van der Waals surface area (Å²) in [5.74, 6) is -3.09. The van der Waals surface area contributed by atoms with Gasteiger partial charge in [0, 0.05) is 77.5 Å². The quantitative estimate of drug-likeness (QED) is 0.0857. The standard InChI is InChI=1S/C21H45N7O16P4/c29-18(1-10-45(33,34)35)11-25-2-4-26(12-19(30)22-15-46(36,37)38)6-8-28(14-21(32)24-17-48(42,43)44)9-7-27(5-3-25)13-20(31)23-16-47(39,40)41/h1-17H2,(H,22,30)(H,23,31)(H,24,32)(H2,33,34,35)(H2,36,37,38)(H2,39,40,41)(H2,42,43,44)/p-6. The van der Waals surface area contributed by atoms with E-state index in [-0.39, 0.29) is 58.9 Å². The lowest BCUT2D eigenvalue weighted by atomic mass is 10.2. The van der Waals surface area contributed by atoms with Crippen molar-refractivity contribution >= 4 is 53.9 Å². The van der Waals surface area contributed by atoms with Gasteiger partial charge in [0.2, 0.25) is 17.7 Å². The first-order valence-electron chi connectivity index (χ1n) is 14.2. The number of ketones is 1. The van der Waals surface area contributed by atoms with Gasteiger partial charge in [0.1, 0.15) is 13.4 Å². The number of hydrogen-bond acceptors (Lipinski definition) is 18. The molecular weight excluding hydrogens is 730 g/mol. The van der Waals surface area contributed by atoms with Gasteiger partial charge in [-0.05, 0) is 15.2 Å². The van der Waals surface area contributed by atoms with Crippen molar-refractivity contribution in [3.05, 3.63) is 0 Å². The summed E-state index contributed by atoms with van der Waals surface area (Å²) in [6.07, 6.45) is -4.68. The highest BCUT2D eigenvalue weighted by atomic mass is 31.2. The highest BCUT2D eigenvalue weighted by molar-refractivity contribution is 7.50. The molecule has 0 radical (unpaired) electrons. The zero-order valence-electron chi connectivity index (χ0n) is 25.7. The highest BCUT2D eigenvalue weighted by Crippen LogP contribution is 2.29. The smallest absolute Gasteiger partial charge is 0.234 e. The lowest BCUT2D eigenvalue weighted by molar-refractivity contribution is -0.315. The number of nitrogens with zero attached hydrogens (tertiary/aromatic N) is 4. The SMILES string of the molecule is O=C(CCP(=O)([O-])O)CN1CCN(CC(=O)NCP(=O)([O-])[O-])CCN(CC(=O)NCP(=O)([O-])O)CCN(CC(=O)NCP(=O)([O-])[O-])CC1. The summed E-state index contributed by atoms with van der Waals surface area (Å²) in [6, 6.07) is 0. The third-order valence-electron chi connectivity index (χ3n) is 6.52. The molecule has 280 valence electrons. The van der Waals surface area contributed by atoms with Gasteiger partial charge in [-0.1, -0.05) is 0 Å². The summed E-state index contributed by atoms with van der Waals surface area (Å²) in [6.45, 7) is -1.55. The second-order valence-corrected chi connectivity index (χ2v) is 17.3. The van der Waals surface area contributed by atoms with E-state index in [1.807, 2.05) is 16.0 Å². The number of hydrogen-bond donors (Lipinski definition) is 5. The predicted molar refractivity (Wildman–Crippen MR) is 154 cm³/mol. The molecule has 0 bridgehead atoms. The molecule has 0 aromatic rings. The third kappa shape index (κ3) is 24.6. The van der Waals surface area contributed by atoms with Crippen molar-refractivity contribution in [1.29, 1.82) is 0 Å². The van der Waals surface area contributed by atoms with Crippen molar-refractivity contribution in [1.82, 2.24) is 35.6 Å². The third-order valence-corrected chi connectivity index (χ3v) is 8.96. The van der Waals surface area contributed by atoms with Crippen LogP contribution < -0.4 is 45.3 Å². The van der Waals surface area contributed by atoms with Gasteiger partial charge in [-0.25, -0.2) is 0 Å². The molecule has 1 heterocycles. The molecule has 48 heavy (non-hydrogen) atoms. The minimum atomic E-state index is -5.08. The maximum atomic E-state index is 12.5. The van der Waals surface area contributed by atoms with Crippen LogP contribution in [-0.4, -0.2) is 156 Å². The maximum absolute atomic E-state index is 12.5. The van der Waals surface area contributed by atoms with E-state index in [9.17, 15) is 66.8 Å². The van der Waals surface area contributed by atoms with E-state index in [1.165, 1.54) is 14.7 Å². The van der Waals surface area contributed by atoms with Crippen LogP contribution in [0, 0.1) is 0 Å². The molecule has 0 aromatic heterocycles. The molecule has 2 unspecified atom stereocenters. The van der Waals surface area contributed by atoms with Crippen LogP contribution in [0.4, 0.5) is 0 Å². The Bertz CT molecular complexity index is 1080. The van der Waals surface area contributed by atoms with Crippen LogP contribution in [0.5, 0.6) is 0 Å². The summed E-state index contributed by atoms with van der Waals surface area (Å²) >= 11 is 0. The van der Waals surface area contributed by atoms with E-state index in [0.717, 1.165) is 0 Å². The molecule has 1 saturated heterocycles. The van der Waals surface area contributed by atoms with Gasteiger partial charge >= 0.3 is 0 Å². The average Bonchev–Trinajstić information content (AvgIpc) is 2.92. The predicted octanol–water partition coefficient (Wildman–Crippen LogP) is -8.69. The molecule has 1 fully saturated rings. The molecule has 0 aliphatic carbocycles. The lowest BCUT2D eigenvalue weighted by Gasteiger charge is -2.34. The van der Waals surface area contributed by atoms with Crippen molar-refractivity contribution in [3.63, 3.8) is 0 Å². The Balaban J connectivity index is 3.22. The number of Topliss-reactive ketones (excluding diaryl/α,β-unsaturated/α-hetero) is 1. The van der Waals surface area contributed by atoms with E-state index >= 15 is 0 Å². The van der Waals surface area contributed by atoms with Crippen molar-refractivity contribution in [2.24, 2.45) is 0 Å². The van der Waals surface area contributed by atoms with Crippen LogP contribution in [0.25, 0.3) is 0 Å². The molecule has 1 rings (SSSR count). The van der Waals surface area contributed by atoms with Gasteiger partial charge in [-0.15, -0.1) is 0 Å². The Hall–Kier alpha value is -1.48. The number of amides is 3. The summed E-state index contributed by atoms with van der Waals surface area (Å²) in [4.78, 5) is 140. The maximum Gasteiger partial charge on any atom is 0.234 e. The van der Waals surface area contributed by atoms with Crippen molar-refractivity contribution in [2.45, 2.75) is 6.42 Å². The second kappa shape index (κ2) is 20.4. The monoisotopic (exact) mass is 769 g/mol. The first-order chi connectivity index (χ1) is 21.9. The zero-order valence-corrected chi connectivity index (χ0v) is 29.3. The molecule has 0 saturated carbocycles. The summed E-state index contributed by atoms with van der Waals surface area (Å²) in [7, 11) is -19.7. The molecule has 3 amide bonds. The summed E-state index contributed by atoms with van der Waals surface area (Å²) in [5.41, 5.74) is 0. The van der Waals surface area contributed by atoms with E-state index < -0.39 is 105 Å². The van der Waals surface area contributed by atoms with Crippen molar-refractivity contribution < 1.29 is 76.6 Å². The molecule has 23 nitrogen and oxygen atoms in total. The zero-order chi connectivity index (χ0) is 36.8. The topological polar surface area (TPSA) is 364 Å². The van der Waals surface area contributed by atoms with Gasteiger partial charge in [0.05, 0.1) is 32.5 Å². The van der Waals surface area contributed by atoms with Crippen LogP contribution in [-0.2, 0) is 37.4 Å². The van der Waals surface area contributed by atoms with E-state index in [4.69, 9.17) is 9.79 Å². The van der Waals surface area contributed by atoms with Crippen LogP contribution >= 0.6 is 30.4 Å². The molecule has 27 heteroatoms. The van der Waals surface area contributed by atoms with Gasteiger partial charge in [0.15, 0.2) is 7.60 Å². The minimum Gasteiger partial charge on any atom is -0.810 e. The van der Waals surface area contributed by atoms with Crippen LogP contribution in [0.1, 0.15) is 6.42 Å². The lowest BCUT2D eigenvalue weighted by Crippen LogP contribution is -2.51. The van der Waals surface area contributed by atoms with Gasteiger partial charge in [0.25, 0.3) is 0 Å². The number of carbonyl (C=O) groups is 4. The molecule has 5 N–H and O–H groups in total. The van der Waals surface area contributed by atoms with Crippen LogP contribution in [0.2, 0.25) is 0 Å². The van der Waals surface area contributed by atoms with E-state index in [1.54, 1.807) is 4.90 Å². The van der Waals surface area contributed by atoms with Crippen molar-refractivity contribution in [3.8, 4) is 0 Å². The van der Waals surface area contributed by atoms with Crippen LogP contribution in [0.15, 0.2) is 0 Å². The Labute approximate surface area is 276 Å². The average molecular weight is 769 g/mol. The molecule has 0 spiro atoms.